The fourth-order valence-corrected chi connectivity index (χ4v) is 5.27. The van der Waals surface area contributed by atoms with Crippen molar-refractivity contribution in [3.05, 3.63) is 77.4 Å². The van der Waals surface area contributed by atoms with Crippen molar-refractivity contribution in [2.24, 2.45) is 0 Å². The van der Waals surface area contributed by atoms with Gasteiger partial charge in [-0.3, -0.25) is 9.52 Å². The molecule has 0 aromatic heterocycles. The van der Waals surface area contributed by atoms with Gasteiger partial charge in [0.25, 0.3) is 15.9 Å². The zero-order valence-corrected chi connectivity index (χ0v) is 20.6. The average molecular weight is 497 g/mol. The Balaban J connectivity index is 1.49. The smallest absolute Gasteiger partial charge is 0.262 e. The van der Waals surface area contributed by atoms with Crippen LogP contribution in [0.15, 0.2) is 65.6 Å². The number of aryl methyl sites for hydroxylation is 1. The lowest BCUT2D eigenvalue weighted by atomic mass is 10.0. The Bertz CT molecular complexity index is 1320. The molecule has 3 aromatic carbocycles. The number of ether oxygens (including phenoxy) is 3. The Labute approximate surface area is 205 Å². The molecule has 8 nitrogen and oxygen atoms in total. The molecule has 0 spiro atoms. The summed E-state index contributed by atoms with van der Waals surface area (Å²) in [5.74, 6) is 1.62. The zero-order valence-electron chi connectivity index (χ0n) is 19.8. The summed E-state index contributed by atoms with van der Waals surface area (Å²) < 4.78 is 45.3. The van der Waals surface area contributed by atoms with Gasteiger partial charge < -0.3 is 19.5 Å². The molecule has 1 aliphatic heterocycles. The number of hydrogen-bond acceptors (Lipinski definition) is 6. The minimum atomic E-state index is -3.92. The Hall–Kier alpha value is -3.72. The summed E-state index contributed by atoms with van der Waals surface area (Å²) in [6.07, 6.45) is 0.578. The molecule has 0 saturated heterocycles. The van der Waals surface area contributed by atoms with Crippen molar-refractivity contribution in [3.63, 3.8) is 0 Å². The first kappa shape index (κ1) is 24.4. The van der Waals surface area contributed by atoms with Gasteiger partial charge in [0.15, 0.2) is 11.5 Å². The van der Waals surface area contributed by atoms with E-state index < -0.39 is 10.0 Å². The predicted molar refractivity (Wildman–Crippen MR) is 133 cm³/mol. The zero-order chi connectivity index (χ0) is 25.0. The third-order valence-corrected chi connectivity index (χ3v) is 7.19. The fourth-order valence-electron chi connectivity index (χ4n) is 3.94. The van der Waals surface area contributed by atoms with Gasteiger partial charge in [0.1, 0.15) is 12.4 Å². The van der Waals surface area contributed by atoms with Gasteiger partial charge in [-0.25, -0.2) is 8.42 Å². The molecule has 0 aliphatic carbocycles. The molecule has 1 amide bonds. The van der Waals surface area contributed by atoms with Crippen LogP contribution in [0.2, 0.25) is 0 Å². The second-order valence-electron chi connectivity index (χ2n) is 8.18. The molecule has 3 aromatic rings. The second kappa shape index (κ2) is 10.3. The van der Waals surface area contributed by atoms with Crippen LogP contribution in [0.25, 0.3) is 0 Å². The number of fused-ring (bicyclic) bond motifs is 1. The normalized spacial score (nSPS) is 14.9. The summed E-state index contributed by atoms with van der Waals surface area (Å²) in [6.45, 7) is 4.37. The summed E-state index contributed by atoms with van der Waals surface area (Å²) in [7, 11) is -2.33. The number of amides is 1. The highest BCUT2D eigenvalue weighted by Crippen LogP contribution is 2.34. The van der Waals surface area contributed by atoms with Crippen LogP contribution in [0.4, 0.5) is 5.69 Å². The maximum atomic E-state index is 13.1. The average Bonchev–Trinajstić information content (AvgIpc) is 2.84. The molecule has 1 atom stereocenters. The lowest BCUT2D eigenvalue weighted by molar-refractivity contribution is 0.0914. The minimum Gasteiger partial charge on any atom is -0.494 e. The van der Waals surface area contributed by atoms with Gasteiger partial charge >= 0.3 is 0 Å². The molecular formula is C26H28N2O6S. The summed E-state index contributed by atoms with van der Waals surface area (Å²) in [5.41, 5.74) is 2.12. The van der Waals surface area contributed by atoms with Gasteiger partial charge in [-0.15, -0.1) is 0 Å². The largest absolute Gasteiger partial charge is 0.494 e. The van der Waals surface area contributed by atoms with E-state index in [9.17, 15) is 13.2 Å². The van der Waals surface area contributed by atoms with E-state index in [0.29, 0.717) is 41.5 Å². The second-order valence-corrected chi connectivity index (χ2v) is 9.83. The number of carbonyl (C=O) groups excluding carboxylic acids is 1. The Morgan fingerprint density at radius 1 is 1.11 bits per heavy atom. The molecular weight excluding hydrogens is 468 g/mol. The summed E-state index contributed by atoms with van der Waals surface area (Å²) in [5, 5.41) is 2.95. The van der Waals surface area contributed by atoms with E-state index in [1.54, 1.807) is 50.4 Å². The van der Waals surface area contributed by atoms with E-state index >= 15 is 0 Å². The minimum absolute atomic E-state index is 0.0361. The molecule has 9 heteroatoms. The fraction of sp³-hybridized carbons (Fsp3) is 0.269. The number of rotatable bonds is 8. The first-order valence-electron chi connectivity index (χ1n) is 11.3. The molecule has 0 fully saturated rings. The predicted octanol–water partition coefficient (Wildman–Crippen LogP) is 3.94. The topological polar surface area (TPSA) is 103 Å². The molecule has 0 saturated carbocycles. The van der Waals surface area contributed by atoms with E-state index in [2.05, 4.69) is 10.0 Å². The van der Waals surface area contributed by atoms with Crippen LogP contribution in [-0.4, -0.2) is 40.7 Å². The van der Waals surface area contributed by atoms with Crippen molar-refractivity contribution in [3.8, 4) is 17.2 Å². The molecule has 1 heterocycles. The van der Waals surface area contributed by atoms with Gasteiger partial charge in [0, 0.05) is 16.8 Å². The third kappa shape index (κ3) is 5.51. The number of nitrogens with one attached hydrogen (secondary N) is 2. The summed E-state index contributed by atoms with van der Waals surface area (Å²) >= 11 is 0. The van der Waals surface area contributed by atoms with Crippen molar-refractivity contribution < 1.29 is 27.4 Å². The lowest BCUT2D eigenvalue weighted by Gasteiger charge is -2.27. The molecule has 184 valence electrons. The number of benzene rings is 3. The molecule has 0 bridgehead atoms. The number of methoxy groups -OCH3 is 1. The van der Waals surface area contributed by atoms with Crippen LogP contribution in [-0.2, 0) is 16.4 Å². The van der Waals surface area contributed by atoms with Crippen LogP contribution >= 0.6 is 0 Å². The number of para-hydroxylation sites is 1. The molecule has 0 radical (unpaired) electrons. The van der Waals surface area contributed by atoms with Crippen molar-refractivity contribution in [2.75, 3.05) is 25.0 Å². The summed E-state index contributed by atoms with van der Waals surface area (Å²) in [6, 6.07) is 16.6. The van der Waals surface area contributed by atoms with E-state index in [1.807, 2.05) is 25.1 Å². The van der Waals surface area contributed by atoms with E-state index in [0.717, 1.165) is 5.56 Å². The standard InChI is InChI=1S/C26H28N2O6S/c1-4-33-22-12-10-20(11-13-22)28-35(30,31)24-15-19(9-8-17(24)2)26(29)27-21-14-18-6-5-7-23(32-3)25(18)34-16-21/h5-13,15,21,28H,4,14,16H2,1-3H3,(H,27,29). The highest BCUT2D eigenvalue weighted by Gasteiger charge is 2.25. The van der Waals surface area contributed by atoms with Crippen LogP contribution in [0.1, 0.15) is 28.4 Å². The van der Waals surface area contributed by atoms with Crippen LogP contribution < -0.4 is 24.2 Å². The maximum absolute atomic E-state index is 13.1. The van der Waals surface area contributed by atoms with Gasteiger partial charge in [0.2, 0.25) is 0 Å². The van der Waals surface area contributed by atoms with Crippen molar-refractivity contribution >= 4 is 21.6 Å². The van der Waals surface area contributed by atoms with Crippen LogP contribution in [0.5, 0.6) is 17.2 Å². The molecule has 2 N–H and O–H groups in total. The molecule has 35 heavy (non-hydrogen) atoms. The summed E-state index contributed by atoms with van der Waals surface area (Å²) in [4.78, 5) is 13.0. The molecule has 1 unspecified atom stereocenters. The Morgan fingerprint density at radius 2 is 1.89 bits per heavy atom. The SMILES string of the molecule is CCOc1ccc(NS(=O)(=O)c2cc(C(=O)NC3COc4c(cccc4OC)C3)ccc2C)cc1. The monoisotopic (exact) mass is 496 g/mol. The third-order valence-electron chi connectivity index (χ3n) is 5.67. The van der Waals surface area contributed by atoms with Crippen LogP contribution in [0.3, 0.4) is 0 Å². The van der Waals surface area contributed by atoms with Gasteiger partial charge in [-0.2, -0.15) is 0 Å². The molecule has 1 aliphatic rings. The number of carbonyl (C=O) groups is 1. The highest BCUT2D eigenvalue weighted by atomic mass is 32.2. The van der Waals surface area contributed by atoms with Crippen molar-refractivity contribution in [2.45, 2.75) is 31.2 Å². The number of anilines is 1. The van der Waals surface area contributed by atoms with Crippen molar-refractivity contribution in [1.29, 1.82) is 0 Å². The van der Waals surface area contributed by atoms with E-state index in [1.165, 1.54) is 6.07 Å². The van der Waals surface area contributed by atoms with Gasteiger partial charge in [-0.05, 0) is 68.3 Å². The number of hydrogen-bond donors (Lipinski definition) is 2. The highest BCUT2D eigenvalue weighted by molar-refractivity contribution is 7.92. The van der Waals surface area contributed by atoms with Gasteiger partial charge in [0.05, 0.1) is 24.7 Å². The van der Waals surface area contributed by atoms with Crippen LogP contribution in [0, 0.1) is 6.92 Å². The quantitative estimate of drug-likeness (QED) is 0.490. The van der Waals surface area contributed by atoms with Crippen molar-refractivity contribution in [1.82, 2.24) is 5.32 Å². The first-order chi connectivity index (χ1) is 16.8. The van der Waals surface area contributed by atoms with E-state index in [-0.39, 0.29) is 29.0 Å². The Kier molecular flexibility index (Phi) is 7.16. The maximum Gasteiger partial charge on any atom is 0.262 e. The van der Waals surface area contributed by atoms with E-state index in [4.69, 9.17) is 14.2 Å². The lowest BCUT2D eigenvalue weighted by Crippen LogP contribution is -2.42. The molecule has 4 rings (SSSR count). The van der Waals surface area contributed by atoms with Gasteiger partial charge in [-0.1, -0.05) is 18.2 Å². The number of sulfonamides is 1. The first-order valence-corrected chi connectivity index (χ1v) is 12.7. The Morgan fingerprint density at radius 3 is 2.60 bits per heavy atom.